The second-order valence-electron chi connectivity index (χ2n) is 6.11. The lowest BCUT2D eigenvalue weighted by atomic mass is 10.1. The molecule has 0 aromatic heterocycles. The van der Waals surface area contributed by atoms with Crippen molar-refractivity contribution in [2.24, 2.45) is 0 Å². The molecule has 0 aliphatic carbocycles. The maximum Gasteiger partial charge on any atom is 0.416 e. The van der Waals surface area contributed by atoms with Gasteiger partial charge in [0.05, 0.1) is 16.8 Å². The largest absolute Gasteiger partial charge is 0.416 e. The van der Waals surface area contributed by atoms with Crippen molar-refractivity contribution in [3.63, 3.8) is 0 Å². The van der Waals surface area contributed by atoms with Crippen molar-refractivity contribution in [1.29, 1.82) is 0 Å². The molecule has 3 nitrogen and oxygen atoms in total. The molecule has 1 amide bonds. The van der Waals surface area contributed by atoms with Crippen LogP contribution >= 0.6 is 11.8 Å². The highest BCUT2D eigenvalue weighted by Gasteiger charge is 2.30. The van der Waals surface area contributed by atoms with E-state index >= 15 is 0 Å². The van der Waals surface area contributed by atoms with Crippen molar-refractivity contribution in [3.8, 4) is 0 Å². The summed E-state index contributed by atoms with van der Waals surface area (Å²) in [6.45, 7) is 0. The zero-order valence-corrected chi connectivity index (χ0v) is 16.0. The van der Waals surface area contributed by atoms with Crippen molar-refractivity contribution in [3.05, 3.63) is 83.9 Å². The SMILES string of the molecule is O=C(Nc1cccc(SC(F)F)c1)c1ccccc1Nc1cccc(C(F)(F)F)c1. The second kappa shape index (κ2) is 9.17. The van der Waals surface area contributed by atoms with Gasteiger partial charge in [-0.1, -0.05) is 36.0 Å². The molecule has 0 aliphatic heterocycles. The number of alkyl halides is 5. The van der Waals surface area contributed by atoms with Gasteiger partial charge in [-0.3, -0.25) is 4.79 Å². The molecule has 0 radical (unpaired) electrons. The highest BCUT2D eigenvalue weighted by molar-refractivity contribution is 7.99. The van der Waals surface area contributed by atoms with Crippen LogP contribution < -0.4 is 10.6 Å². The van der Waals surface area contributed by atoms with E-state index in [-0.39, 0.29) is 16.1 Å². The molecule has 0 saturated carbocycles. The van der Waals surface area contributed by atoms with Gasteiger partial charge < -0.3 is 10.6 Å². The van der Waals surface area contributed by atoms with Gasteiger partial charge in [0.1, 0.15) is 0 Å². The zero-order chi connectivity index (χ0) is 21.7. The van der Waals surface area contributed by atoms with Gasteiger partial charge in [-0.25, -0.2) is 0 Å². The van der Waals surface area contributed by atoms with Crippen molar-refractivity contribution < 1.29 is 26.7 Å². The Morgan fingerprint density at radius 1 is 0.867 bits per heavy atom. The van der Waals surface area contributed by atoms with E-state index in [0.29, 0.717) is 23.1 Å². The fraction of sp³-hybridized carbons (Fsp3) is 0.0952. The number of anilines is 3. The highest BCUT2D eigenvalue weighted by Crippen LogP contribution is 2.32. The number of halogens is 5. The molecule has 3 aromatic rings. The predicted octanol–water partition coefficient (Wildman–Crippen LogP) is 7.02. The van der Waals surface area contributed by atoms with Gasteiger partial charge in [0.2, 0.25) is 0 Å². The van der Waals surface area contributed by atoms with Crippen LogP contribution in [0.2, 0.25) is 0 Å². The Labute approximate surface area is 173 Å². The number of thioether (sulfide) groups is 1. The minimum absolute atomic E-state index is 0.167. The third-order valence-electron chi connectivity index (χ3n) is 3.96. The molecule has 3 rings (SSSR count). The molecule has 30 heavy (non-hydrogen) atoms. The topological polar surface area (TPSA) is 41.1 Å². The number of carbonyl (C=O) groups excluding carboxylic acids is 1. The molecule has 0 bridgehead atoms. The summed E-state index contributed by atoms with van der Waals surface area (Å²) < 4.78 is 63.9. The molecule has 0 unspecified atom stereocenters. The molecule has 0 aliphatic rings. The average molecular weight is 438 g/mol. The third kappa shape index (κ3) is 5.73. The molecular formula is C21H15F5N2OS. The smallest absolute Gasteiger partial charge is 0.355 e. The third-order valence-corrected chi connectivity index (χ3v) is 4.66. The van der Waals surface area contributed by atoms with E-state index in [1.54, 1.807) is 24.3 Å². The predicted molar refractivity (Wildman–Crippen MR) is 107 cm³/mol. The molecule has 0 saturated heterocycles. The number of carbonyl (C=O) groups is 1. The zero-order valence-electron chi connectivity index (χ0n) is 15.2. The lowest BCUT2D eigenvalue weighted by Gasteiger charge is -2.14. The van der Waals surface area contributed by atoms with Crippen LogP contribution in [0.5, 0.6) is 0 Å². The van der Waals surface area contributed by atoms with Crippen LogP contribution in [0.1, 0.15) is 15.9 Å². The molecular weight excluding hydrogens is 423 g/mol. The summed E-state index contributed by atoms with van der Waals surface area (Å²) in [6.07, 6.45) is -4.49. The van der Waals surface area contributed by atoms with Crippen LogP contribution in [-0.4, -0.2) is 11.7 Å². The van der Waals surface area contributed by atoms with E-state index in [4.69, 9.17) is 0 Å². The first-order chi connectivity index (χ1) is 14.2. The molecule has 0 heterocycles. The summed E-state index contributed by atoms with van der Waals surface area (Å²) >= 11 is 0.355. The van der Waals surface area contributed by atoms with Gasteiger partial charge in [0.25, 0.3) is 11.7 Å². The first kappa shape index (κ1) is 21.6. The lowest BCUT2D eigenvalue weighted by Crippen LogP contribution is -2.14. The van der Waals surface area contributed by atoms with Crippen molar-refractivity contribution >= 4 is 34.7 Å². The maximum absolute atomic E-state index is 12.9. The number of benzene rings is 3. The van der Waals surface area contributed by atoms with Gasteiger partial charge in [-0.05, 0) is 48.5 Å². The average Bonchev–Trinajstić information content (AvgIpc) is 2.68. The van der Waals surface area contributed by atoms with Crippen molar-refractivity contribution in [1.82, 2.24) is 0 Å². The fourth-order valence-electron chi connectivity index (χ4n) is 2.67. The second-order valence-corrected chi connectivity index (χ2v) is 7.17. The Morgan fingerprint density at radius 2 is 1.57 bits per heavy atom. The molecule has 2 N–H and O–H groups in total. The first-order valence-corrected chi connectivity index (χ1v) is 9.50. The normalized spacial score (nSPS) is 11.4. The van der Waals surface area contributed by atoms with Gasteiger partial charge in [0.15, 0.2) is 0 Å². The quantitative estimate of drug-likeness (QED) is 0.321. The van der Waals surface area contributed by atoms with Crippen LogP contribution in [0.3, 0.4) is 0 Å². The summed E-state index contributed by atoms with van der Waals surface area (Å²) in [6, 6.07) is 16.9. The van der Waals surface area contributed by atoms with Crippen LogP contribution in [0, 0.1) is 0 Å². The number of hydrogen-bond acceptors (Lipinski definition) is 3. The molecule has 0 fully saturated rings. The number of rotatable bonds is 6. The highest BCUT2D eigenvalue weighted by atomic mass is 32.2. The number of nitrogens with one attached hydrogen (secondary N) is 2. The van der Waals surface area contributed by atoms with Crippen LogP contribution in [0.4, 0.5) is 39.0 Å². The van der Waals surface area contributed by atoms with E-state index < -0.39 is 23.4 Å². The summed E-state index contributed by atoms with van der Waals surface area (Å²) in [5.41, 5.74) is 0.150. The molecule has 0 atom stereocenters. The minimum atomic E-state index is -4.49. The first-order valence-electron chi connectivity index (χ1n) is 8.62. The Bertz CT molecular complexity index is 1040. The Morgan fingerprint density at radius 3 is 2.30 bits per heavy atom. The standard InChI is InChI=1S/C21H15F5N2OS/c22-20(23)30-16-8-4-7-15(12-16)28-19(29)17-9-1-2-10-18(17)27-14-6-3-5-13(11-14)21(24,25)26/h1-12,20,27H,(H,28,29). The van der Waals surface area contributed by atoms with Gasteiger partial charge in [0, 0.05) is 16.3 Å². The van der Waals surface area contributed by atoms with Crippen LogP contribution in [0.25, 0.3) is 0 Å². The lowest BCUT2D eigenvalue weighted by molar-refractivity contribution is -0.137. The maximum atomic E-state index is 12.9. The minimum Gasteiger partial charge on any atom is -0.355 e. The summed E-state index contributed by atoms with van der Waals surface area (Å²) in [5.74, 6) is -3.13. The Kier molecular flexibility index (Phi) is 6.61. The summed E-state index contributed by atoms with van der Waals surface area (Å²) in [4.78, 5) is 13.0. The number of amides is 1. The van der Waals surface area contributed by atoms with Crippen LogP contribution in [0.15, 0.2) is 77.7 Å². The van der Waals surface area contributed by atoms with Gasteiger partial charge >= 0.3 is 6.18 Å². The molecule has 0 spiro atoms. The molecule has 156 valence electrons. The van der Waals surface area contributed by atoms with Gasteiger partial charge in [-0.2, -0.15) is 22.0 Å². The number of para-hydroxylation sites is 1. The molecule has 3 aromatic carbocycles. The van der Waals surface area contributed by atoms with Gasteiger partial charge in [-0.15, -0.1) is 0 Å². The Hall–Kier alpha value is -3.07. The number of hydrogen-bond donors (Lipinski definition) is 2. The van der Waals surface area contributed by atoms with E-state index in [9.17, 15) is 26.7 Å². The van der Waals surface area contributed by atoms with Crippen molar-refractivity contribution in [2.45, 2.75) is 16.8 Å². The summed E-state index contributed by atoms with van der Waals surface area (Å²) in [5, 5.41) is 5.44. The van der Waals surface area contributed by atoms with Crippen LogP contribution in [-0.2, 0) is 6.18 Å². The molecule has 9 heteroatoms. The van der Waals surface area contributed by atoms with Crippen molar-refractivity contribution in [2.75, 3.05) is 10.6 Å². The van der Waals surface area contributed by atoms with E-state index in [0.717, 1.165) is 12.1 Å². The van der Waals surface area contributed by atoms with E-state index in [1.165, 1.54) is 36.4 Å². The fourth-order valence-corrected chi connectivity index (χ4v) is 3.23. The van der Waals surface area contributed by atoms with E-state index in [1.807, 2.05) is 0 Å². The monoisotopic (exact) mass is 438 g/mol. The Balaban J connectivity index is 1.81. The summed E-state index contributed by atoms with van der Waals surface area (Å²) in [7, 11) is 0. The van der Waals surface area contributed by atoms with E-state index in [2.05, 4.69) is 10.6 Å².